The van der Waals surface area contributed by atoms with E-state index in [0.29, 0.717) is 17.7 Å². The van der Waals surface area contributed by atoms with Crippen molar-refractivity contribution in [3.05, 3.63) is 53.9 Å². The fourth-order valence-electron chi connectivity index (χ4n) is 4.23. The molecule has 2 saturated heterocycles. The molecule has 2 aliphatic rings. The second kappa shape index (κ2) is 8.04. The van der Waals surface area contributed by atoms with E-state index in [0.717, 1.165) is 51.9 Å². The Labute approximate surface area is 155 Å². The highest BCUT2D eigenvalue weighted by Gasteiger charge is 2.24. The third kappa shape index (κ3) is 3.83. The molecule has 4 rings (SSSR count). The minimum Gasteiger partial charge on any atom is -0.337 e. The average Bonchev–Trinajstić information content (AvgIpc) is 3.07. The number of carbonyl (C=O) groups excluding carboxylic acids is 1. The van der Waals surface area contributed by atoms with E-state index in [2.05, 4.69) is 40.7 Å². The lowest BCUT2D eigenvalue weighted by Crippen LogP contribution is -2.33. The van der Waals surface area contributed by atoms with Gasteiger partial charge in [-0.25, -0.2) is 0 Å². The van der Waals surface area contributed by atoms with Crippen LogP contribution in [0.25, 0.3) is 0 Å². The molecule has 0 bridgehead atoms. The summed E-state index contributed by atoms with van der Waals surface area (Å²) in [6.07, 6.45) is 7.50. The topological polar surface area (TPSA) is 50.2 Å². The van der Waals surface area contributed by atoms with Crippen molar-refractivity contribution in [3.8, 4) is 0 Å². The van der Waals surface area contributed by atoms with Gasteiger partial charge >= 0.3 is 0 Å². The van der Waals surface area contributed by atoms with Crippen molar-refractivity contribution in [2.24, 2.45) is 0 Å². The standard InChI is InChI=1S/C21H28N4O/c26-21(20-11-15-25(23-20)19-9-4-12-22-16-19)24-13-5-8-18(10-14-24)17-6-2-1-3-7-17/h1-3,6-7,11,15,18-19,22H,4-5,8-10,12-14,16H2. The van der Waals surface area contributed by atoms with E-state index in [4.69, 9.17) is 0 Å². The molecule has 2 fully saturated rings. The number of rotatable bonds is 3. The first kappa shape index (κ1) is 17.3. The molecule has 2 aromatic rings. The molecule has 2 unspecified atom stereocenters. The molecule has 26 heavy (non-hydrogen) atoms. The van der Waals surface area contributed by atoms with Crippen LogP contribution in [0, 0.1) is 0 Å². The van der Waals surface area contributed by atoms with E-state index >= 15 is 0 Å². The van der Waals surface area contributed by atoms with Gasteiger partial charge in [-0.3, -0.25) is 9.48 Å². The summed E-state index contributed by atoms with van der Waals surface area (Å²) in [5.74, 6) is 0.640. The van der Waals surface area contributed by atoms with Crippen LogP contribution in [0.15, 0.2) is 42.6 Å². The highest BCUT2D eigenvalue weighted by molar-refractivity contribution is 5.92. The second-order valence-electron chi connectivity index (χ2n) is 7.51. The van der Waals surface area contributed by atoms with Gasteiger partial charge in [-0.15, -0.1) is 0 Å². The van der Waals surface area contributed by atoms with Crippen molar-refractivity contribution in [2.45, 2.75) is 44.1 Å². The molecule has 1 aromatic heterocycles. The Morgan fingerprint density at radius 2 is 1.92 bits per heavy atom. The van der Waals surface area contributed by atoms with Crippen LogP contribution in [-0.2, 0) is 0 Å². The molecule has 2 atom stereocenters. The van der Waals surface area contributed by atoms with Gasteiger partial charge < -0.3 is 10.2 Å². The van der Waals surface area contributed by atoms with Crippen LogP contribution in [-0.4, -0.2) is 46.8 Å². The van der Waals surface area contributed by atoms with Gasteiger partial charge in [0.2, 0.25) is 0 Å². The van der Waals surface area contributed by atoms with E-state index < -0.39 is 0 Å². The monoisotopic (exact) mass is 352 g/mol. The number of likely N-dealkylation sites (tertiary alicyclic amines) is 1. The van der Waals surface area contributed by atoms with Crippen LogP contribution >= 0.6 is 0 Å². The average molecular weight is 352 g/mol. The summed E-state index contributed by atoms with van der Waals surface area (Å²) in [6.45, 7) is 3.67. The summed E-state index contributed by atoms with van der Waals surface area (Å²) >= 11 is 0. The minimum atomic E-state index is 0.0845. The maximum Gasteiger partial charge on any atom is 0.274 e. The lowest BCUT2D eigenvalue weighted by atomic mass is 9.92. The second-order valence-corrected chi connectivity index (χ2v) is 7.51. The summed E-state index contributed by atoms with van der Waals surface area (Å²) < 4.78 is 1.98. The number of piperidine rings is 1. The normalized spacial score (nSPS) is 24.2. The summed E-state index contributed by atoms with van der Waals surface area (Å²) in [4.78, 5) is 14.9. The first-order valence-electron chi connectivity index (χ1n) is 9.91. The van der Waals surface area contributed by atoms with Gasteiger partial charge in [0.15, 0.2) is 0 Å². The highest BCUT2D eigenvalue weighted by Crippen LogP contribution is 2.28. The lowest BCUT2D eigenvalue weighted by Gasteiger charge is -2.23. The van der Waals surface area contributed by atoms with Crippen molar-refractivity contribution in [2.75, 3.05) is 26.2 Å². The van der Waals surface area contributed by atoms with Crippen molar-refractivity contribution in [3.63, 3.8) is 0 Å². The number of aromatic nitrogens is 2. The molecule has 0 radical (unpaired) electrons. The number of amides is 1. The zero-order valence-corrected chi connectivity index (χ0v) is 15.3. The SMILES string of the molecule is O=C(c1ccn(C2CCCNC2)n1)N1CCCC(c2ccccc2)CC1. The van der Waals surface area contributed by atoms with E-state index in [9.17, 15) is 4.79 Å². The first-order valence-corrected chi connectivity index (χ1v) is 9.91. The zero-order chi connectivity index (χ0) is 17.8. The maximum atomic E-state index is 12.9. The van der Waals surface area contributed by atoms with Crippen LogP contribution in [0.4, 0.5) is 0 Å². The van der Waals surface area contributed by atoms with E-state index in [1.165, 1.54) is 12.0 Å². The Bertz CT molecular complexity index is 721. The summed E-state index contributed by atoms with van der Waals surface area (Å²) in [6, 6.07) is 13.0. The predicted molar refractivity (Wildman–Crippen MR) is 102 cm³/mol. The molecule has 1 aromatic carbocycles. The zero-order valence-electron chi connectivity index (χ0n) is 15.3. The highest BCUT2D eigenvalue weighted by atomic mass is 16.2. The van der Waals surface area contributed by atoms with Gasteiger partial charge in [-0.2, -0.15) is 5.10 Å². The molecular weight excluding hydrogens is 324 g/mol. The maximum absolute atomic E-state index is 12.9. The lowest BCUT2D eigenvalue weighted by molar-refractivity contribution is 0.0753. The van der Waals surface area contributed by atoms with Gasteiger partial charge in [0.1, 0.15) is 5.69 Å². The van der Waals surface area contributed by atoms with Crippen molar-refractivity contribution in [1.29, 1.82) is 0 Å². The number of nitrogens with zero attached hydrogens (tertiary/aromatic N) is 3. The van der Waals surface area contributed by atoms with Gasteiger partial charge in [-0.05, 0) is 56.2 Å². The Kier molecular flexibility index (Phi) is 5.34. The molecule has 3 heterocycles. The number of hydrogen-bond acceptors (Lipinski definition) is 3. The molecular formula is C21H28N4O. The summed E-state index contributed by atoms with van der Waals surface area (Å²) in [7, 11) is 0. The van der Waals surface area contributed by atoms with Gasteiger partial charge in [0.25, 0.3) is 5.91 Å². The number of carbonyl (C=O) groups is 1. The van der Waals surface area contributed by atoms with Gasteiger partial charge in [0, 0.05) is 25.8 Å². The molecule has 0 spiro atoms. The van der Waals surface area contributed by atoms with E-state index in [-0.39, 0.29) is 5.91 Å². The van der Waals surface area contributed by atoms with Crippen LogP contribution in [0.2, 0.25) is 0 Å². The van der Waals surface area contributed by atoms with Crippen LogP contribution in [0.5, 0.6) is 0 Å². The Hall–Kier alpha value is -2.14. The quantitative estimate of drug-likeness (QED) is 0.923. The fraction of sp³-hybridized carbons (Fsp3) is 0.524. The minimum absolute atomic E-state index is 0.0845. The molecule has 5 nitrogen and oxygen atoms in total. The van der Waals surface area contributed by atoms with Crippen LogP contribution in [0.1, 0.15) is 60.1 Å². The van der Waals surface area contributed by atoms with Gasteiger partial charge in [-0.1, -0.05) is 30.3 Å². The Morgan fingerprint density at radius 3 is 2.73 bits per heavy atom. The predicted octanol–water partition coefficient (Wildman–Crippen LogP) is 3.22. The molecule has 0 aliphatic carbocycles. The molecule has 2 aliphatic heterocycles. The number of benzene rings is 1. The largest absolute Gasteiger partial charge is 0.337 e. The Balaban J connectivity index is 1.40. The molecule has 1 N–H and O–H groups in total. The third-order valence-corrected chi connectivity index (χ3v) is 5.76. The molecule has 138 valence electrons. The summed E-state index contributed by atoms with van der Waals surface area (Å²) in [5, 5.41) is 8.01. The third-order valence-electron chi connectivity index (χ3n) is 5.76. The van der Waals surface area contributed by atoms with Crippen molar-refractivity contribution in [1.82, 2.24) is 20.0 Å². The molecule has 0 saturated carbocycles. The molecule has 1 amide bonds. The fourth-order valence-corrected chi connectivity index (χ4v) is 4.23. The van der Waals surface area contributed by atoms with E-state index in [1.54, 1.807) is 0 Å². The van der Waals surface area contributed by atoms with Crippen molar-refractivity contribution < 1.29 is 4.79 Å². The summed E-state index contributed by atoms with van der Waals surface area (Å²) in [5.41, 5.74) is 1.99. The Morgan fingerprint density at radius 1 is 1.04 bits per heavy atom. The smallest absolute Gasteiger partial charge is 0.274 e. The van der Waals surface area contributed by atoms with Crippen LogP contribution in [0.3, 0.4) is 0 Å². The van der Waals surface area contributed by atoms with Gasteiger partial charge in [0.05, 0.1) is 6.04 Å². The van der Waals surface area contributed by atoms with Crippen LogP contribution < -0.4 is 5.32 Å². The first-order chi connectivity index (χ1) is 12.8. The number of hydrogen-bond donors (Lipinski definition) is 1. The van der Waals surface area contributed by atoms with E-state index in [1.807, 2.05) is 21.8 Å². The van der Waals surface area contributed by atoms with Crippen molar-refractivity contribution >= 4 is 5.91 Å². The number of nitrogens with one attached hydrogen (secondary N) is 1. The molecule has 5 heteroatoms.